The summed E-state index contributed by atoms with van der Waals surface area (Å²) in [5, 5.41) is 2.75. The molecule has 2 heterocycles. The van der Waals surface area contributed by atoms with Gasteiger partial charge in [-0.25, -0.2) is 0 Å². The van der Waals surface area contributed by atoms with Gasteiger partial charge in [-0.3, -0.25) is 19.4 Å². The monoisotopic (exact) mass is 367 g/mol. The van der Waals surface area contributed by atoms with Crippen molar-refractivity contribution in [3.63, 3.8) is 0 Å². The average molecular weight is 367 g/mol. The van der Waals surface area contributed by atoms with E-state index in [2.05, 4.69) is 10.3 Å². The van der Waals surface area contributed by atoms with Crippen molar-refractivity contribution in [3.05, 3.63) is 53.9 Å². The Kier molecular flexibility index (Phi) is 5.49. The molecule has 0 saturated carbocycles. The van der Waals surface area contributed by atoms with Gasteiger partial charge in [-0.15, -0.1) is 0 Å². The van der Waals surface area contributed by atoms with E-state index in [4.69, 9.17) is 4.74 Å². The number of rotatable bonds is 6. The highest BCUT2D eigenvalue weighted by Gasteiger charge is 2.29. The van der Waals surface area contributed by atoms with Crippen LogP contribution >= 0.6 is 0 Å². The summed E-state index contributed by atoms with van der Waals surface area (Å²) in [6, 6.07) is 10.4. The lowest BCUT2D eigenvalue weighted by Gasteiger charge is -2.30. The first-order valence-corrected chi connectivity index (χ1v) is 8.74. The van der Waals surface area contributed by atoms with Crippen LogP contribution in [0.25, 0.3) is 0 Å². The van der Waals surface area contributed by atoms with E-state index in [-0.39, 0.29) is 30.4 Å². The summed E-state index contributed by atoms with van der Waals surface area (Å²) >= 11 is 0. The zero-order valence-corrected chi connectivity index (χ0v) is 15.3. The number of nitrogens with zero attached hydrogens (tertiary/aromatic N) is 2. The molecule has 1 aromatic carbocycles. The minimum absolute atomic E-state index is 0.0851. The number of pyridine rings is 1. The molecular formula is C20H21N3O4. The van der Waals surface area contributed by atoms with E-state index >= 15 is 0 Å². The van der Waals surface area contributed by atoms with Crippen LogP contribution in [0.1, 0.15) is 35.8 Å². The molecule has 3 rings (SSSR count). The number of ketones is 1. The van der Waals surface area contributed by atoms with Crippen LogP contribution in [-0.4, -0.2) is 35.7 Å². The number of hydrogen-bond acceptors (Lipinski definition) is 5. The van der Waals surface area contributed by atoms with E-state index < -0.39 is 6.10 Å². The van der Waals surface area contributed by atoms with Gasteiger partial charge >= 0.3 is 0 Å². The molecule has 2 aromatic rings. The lowest BCUT2D eigenvalue weighted by atomic mass is 10.0. The highest BCUT2D eigenvalue weighted by Crippen LogP contribution is 2.34. The van der Waals surface area contributed by atoms with Gasteiger partial charge in [0.15, 0.2) is 11.9 Å². The summed E-state index contributed by atoms with van der Waals surface area (Å²) in [5.74, 6) is 0.0249. The van der Waals surface area contributed by atoms with Crippen LogP contribution in [-0.2, 0) is 16.1 Å². The van der Waals surface area contributed by atoms with Gasteiger partial charge in [0.25, 0.3) is 5.91 Å². The molecule has 1 aliphatic heterocycles. The molecule has 1 N–H and O–H groups in total. The first-order valence-electron chi connectivity index (χ1n) is 8.74. The van der Waals surface area contributed by atoms with Crippen LogP contribution in [0.4, 0.5) is 5.69 Å². The molecule has 140 valence electrons. The Balaban J connectivity index is 1.57. The second-order valence-corrected chi connectivity index (χ2v) is 6.36. The molecule has 1 atom stereocenters. The lowest BCUT2D eigenvalue weighted by molar-refractivity contribution is -0.125. The predicted molar refractivity (Wildman–Crippen MR) is 99.6 cm³/mol. The molecule has 0 radical (unpaired) electrons. The molecule has 7 heteroatoms. The smallest absolute Gasteiger partial charge is 0.267 e. The number of carbonyl (C=O) groups excluding carboxylic acids is 3. The minimum Gasteiger partial charge on any atom is -0.479 e. The fourth-order valence-corrected chi connectivity index (χ4v) is 2.84. The van der Waals surface area contributed by atoms with Crippen LogP contribution < -0.4 is 15.0 Å². The van der Waals surface area contributed by atoms with Crippen LogP contribution in [0.5, 0.6) is 5.75 Å². The van der Waals surface area contributed by atoms with Gasteiger partial charge in [-0.1, -0.05) is 6.07 Å². The number of carbonyl (C=O) groups is 3. The highest BCUT2D eigenvalue weighted by molar-refractivity contribution is 6.03. The highest BCUT2D eigenvalue weighted by atomic mass is 16.5. The fraction of sp³-hybridized carbons (Fsp3) is 0.300. The molecule has 1 aromatic heterocycles. The third-order valence-corrected chi connectivity index (χ3v) is 4.40. The molecule has 0 bridgehead atoms. The quantitative estimate of drug-likeness (QED) is 0.790. The van der Waals surface area contributed by atoms with Crippen molar-refractivity contribution in [2.75, 3.05) is 11.9 Å². The summed E-state index contributed by atoms with van der Waals surface area (Å²) in [6.45, 7) is 2.01. The zero-order valence-electron chi connectivity index (χ0n) is 15.3. The topological polar surface area (TPSA) is 88.6 Å². The Morgan fingerprint density at radius 2 is 2.04 bits per heavy atom. The summed E-state index contributed by atoms with van der Waals surface area (Å²) < 4.78 is 5.55. The SMILES string of the molecule is CC1Oc2ccc(C(=O)CCC(=O)NCc3ccccn3)cc2N(C)C1=O. The number of hydrogen-bond donors (Lipinski definition) is 1. The average Bonchev–Trinajstić information content (AvgIpc) is 2.69. The van der Waals surface area contributed by atoms with Crippen LogP contribution in [0.2, 0.25) is 0 Å². The van der Waals surface area contributed by atoms with Crippen LogP contribution in [0.3, 0.4) is 0 Å². The third-order valence-electron chi connectivity index (χ3n) is 4.40. The summed E-state index contributed by atoms with van der Waals surface area (Å²) in [5.41, 5.74) is 1.77. The van der Waals surface area contributed by atoms with Crippen LogP contribution in [0, 0.1) is 0 Å². The molecule has 0 aliphatic carbocycles. The number of anilines is 1. The Hall–Kier alpha value is -3.22. The van der Waals surface area contributed by atoms with Gasteiger partial charge in [0.2, 0.25) is 5.91 Å². The van der Waals surface area contributed by atoms with Gasteiger partial charge in [-0.2, -0.15) is 0 Å². The van der Waals surface area contributed by atoms with Crippen molar-refractivity contribution < 1.29 is 19.1 Å². The first kappa shape index (κ1) is 18.6. The van der Waals surface area contributed by atoms with Gasteiger partial charge in [0.1, 0.15) is 5.75 Å². The maximum Gasteiger partial charge on any atom is 0.267 e. The Morgan fingerprint density at radius 1 is 1.22 bits per heavy atom. The predicted octanol–water partition coefficient (Wildman–Crippen LogP) is 2.10. The van der Waals surface area contributed by atoms with Crippen LogP contribution in [0.15, 0.2) is 42.6 Å². The van der Waals surface area contributed by atoms with E-state index in [1.807, 2.05) is 12.1 Å². The first-order chi connectivity index (χ1) is 13.0. The van der Waals surface area contributed by atoms with E-state index in [1.54, 1.807) is 44.4 Å². The number of likely N-dealkylation sites (N-methyl/N-ethyl adjacent to an activating group) is 1. The molecular weight excluding hydrogens is 346 g/mol. The second kappa shape index (κ2) is 7.99. The van der Waals surface area contributed by atoms with Gasteiger partial charge in [0, 0.05) is 31.6 Å². The number of aromatic nitrogens is 1. The number of fused-ring (bicyclic) bond motifs is 1. The van der Waals surface area contributed by atoms with Crippen molar-refractivity contribution in [2.24, 2.45) is 0 Å². The van der Waals surface area contributed by atoms with Crippen molar-refractivity contribution in [1.82, 2.24) is 10.3 Å². The van der Waals surface area contributed by atoms with E-state index in [9.17, 15) is 14.4 Å². The molecule has 0 saturated heterocycles. The normalized spacial score (nSPS) is 15.7. The third kappa shape index (κ3) is 4.31. The van der Waals surface area contributed by atoms with Gasteiger partial charge in [-0.05, 0) is 37.3 Å². The minimum atomic E-state index is -0.549. The van der Waals surface area contributed by atoms with Gasteiger partial charge < -0.3 is 15.0 Å². The largest absolute Gasteiger partial charge is 0.479 e. The lowest BCUT2D eigenvalue weighted by Crippen LogP contribution is -2.42. The number of nitrogens with one attached hydrogen (secondary N) is 1. The summed E-state index contributed by atoms with van der Waals surface area (Å²) in [7, 11) is 1.65. The standard InChI is InChI=1S/C20H21N3O4/c1-13-20(26)23(2)16-11-14(6-8-18(16)27-13)17(24)7-9-19(25)22-12-15-5-3-4-10-21-15/h3-6,8,10-11,13H,7,9,12H2,1-2H3,(H,22,25). The molecule has 0 spiro atoms. The summed E-state index contributed by atoms with van der Waals surface area (Å²) in [6.07, 6.45) is 1.28. The van der Waals surface area contributed by atoms with E-state index in [0.29, 0.717) is 23.5 Å². The number of ether oxygens (including phenoxy) is 1. The Morgan fingerprint density at radius 3 is 2.78 bits per heavy atom. The molecule has 7 nitrogen and oxygen atoms in total. The maximum absolute atomic E-state index is 12.4. The number of Topliss-reactive ketones (excluding diaryl/α,β-unsaturated/α-hetero) is 1. The molecule has 1 aliphatic rings. The summed E-state index contributed by atoms with van der Waals surface area (Å²) in [4.78, 5) is 42.0. The van der Waals surface area contributed by atoms with Crippen molar-refractivity contribution in [3.8, 4) is 5.75 Å². The van der Waals surface area contributed by atoms with Crippen molar-refractivity contribution in [2.45, 2.75) is 32.4 Å². The molecule has 0 fully saturated rings. The second-order valence-electron chi connectivity index (χ2n) is 6.36. The van der Waals surface area contributed by atoms with Crippen molar-refractivity contribution in [1.29, 1.82) is 0 Å². The zero-order chi connectivity index (χ0) is 19.4. The van der Waals surface area contributed by atoms with E-state index in [1.165, 1.54) is 4.90 Å². The number of amides is 2. The Bertz CT molecular complexity index is 867. The molecule has 27 heavy (non-hydrogen) atoms. The number of benzene rings is 1. The Labute approximate surface area is 157 Å². The maximum atomic E-state index is 12.4. The van der Waals surface area contributed by atoms with Gasteiger partial charge in [0.05, 0.1) is 17.9 Å². The van der Waals surface area contributed by atoms with Crippen molar-refractivity contribution >= 4 is 23.3 Å². The van der Waals surface area contributed by atoms with E-state index in [0.717, 1.165) is 5.69 Å². The molecule has 2 amide bonds. The molecule has 1 unspecified atom stereocenters. The fourth-order valence-electron chi connectivity index (χ4n) is 2.84.